The van der Waals surface area contributed by atoms with Gasteiger partial charge in [-0.2, -0.15) is 0 Å². The largest absolute Gasteiger partial charge is 0.361 e. The van der Waals surface area contributed by atoms with Crippen LogP contribution in [0.1, 0.15) is 17.0 Å². The van der Waals surface area contributed by atoms with Crippen LogP contribution >= 0.6 is 11.6 Å². The van der Waals surface area contributed by atoms with Gasteiger partial charge in [0, 0.05) is 29.0 Å². The van der Waals surface area contributed by atoms with E-state index in [0.29, 0.717) is 0 Å². The molecule has 0 N–H and O–H groups in total. The Bertz CT molecular complexity index is 1370. The Morgan fingerprint density at radius 2 is 1.77 bits per heavy atom. The van der Waals surface area contributed by atoms with Crippen molar-refractivity contribution in [3.8, 4) is 28.2 Å². The Labute approximate surface area is 178 Å². The van der Waals surface area contributed by atoms with Crippen LogP contribution in [0.25, 0.3) is 39.2 Å². The van der Waals surface area contributed by atoms with Gasteiger partial charge in [-0.25, -0.2) is 15.0 Å². The highest BCUT2D eigenvalue weighted by atomic mass is 35.5. The number of halogens is 1. The minimum Gasteiger partial charge on any atom is -0.361 e. The molecule has 0 fully saturated rings. The van der Waals surface area contributed by atoms with Crippen LogP contribution in [0.2, 0.25) is 5.28 Å². The third-order valence-corrected chi connectivity index (χ3v) is 5.36. The fraction of sp³-hybridized carbons (Fsp3) is 0.130. The van der Waals surface area contributed by atoms with E-state index in [9.17, 15) is 0 Å². The predicted molar refractivity (Wildman–Crippen MR) is 117 cm³/mol. The molecule has 0 bridgehead atoms. The van der Waals surface area contributed by atoms with E-state index in [1.807, 2.05) is 57.2 Å². The first kappa shape index (κ1) is 18.5. The summed E-state index contributed by atoms with van der Waals surface area (Å²) in [6.07, 6.45) is 3.79. The smallest absolute Gasteiger partial charge is 0.222 e. The molecular weight excluding hydrogens is 398 g/mol. The third kappa shape index (κ3) is 2.97. The highest BCUT2D eigenvalue weighted by Crippen LogP contribution is 2.35. The molecule has 0 spiro atoms. The van der Waals surface area contributed by atoms with Gasteiger partial charge in [0.25, 0.3) is 0 Å². The molecule has 148 valence electrons. The molecule has 0 unspecified atom stereocenters. The number of aromatic nitrogens is 5. The molecule has 0 saturated carbocycles. The molecule has 4 heterocycles. The van der Waals surface area contributed by atoms with Crippen LogP contribution < -0.4 is 0 Å². The first-order chi connectivity index (χ1) is 14.5. The number of fused-ring (bicyclic) bond motifs is 1. The number of nitrogens with zero attached hydrogens (tertiary/aromatic N) is 5. The fourth-order valence-corrected chi connectivity index (χ4v) is 3.89. The van der Waals surface area contributed by atoms with Crippen molar-refractivity contribution < 1.29 is 4.52 Å². The Balaban J connectivity index is 1.82. The lowest BCUT2D eigenvalue weighted by Crippen LogP contribution is -1.95. The van der Waals surface area contributed by atoms with E-state index in [-0.39, 0.29) is 5.28 Å². The van der Waals surface area contributed by atoms with Crippen LogP contribution in [0.4, 0.5) is 0 Å². The first-order valence-electron chi connectivity index (χ1n) is 9.53. The number of benzene rings is 1. The highest BCUT2D eigenvalue weighted by Gasteiger charge is 2.19. The third-order valence-electron chi connectivity index (χ3n) is 5.17. The lowest BCUT2D eigenvalue weighted by molar-refractivity contribution is 0.393. The van der Waals surface area contributed by atoms with Crippen LogP contribution in [0, 0.1) is 20.8 Å². The minimum absolute atomic E-state index is 0.219. The molecule has 30 heavy (non-hydrogen) atoms. The summed E-state index contributed by atoms with van der Waals surface area (Å²) in [6, 6.07) is 14.2. The minimum atomic E-state index is 0.219. The average Bonchev–Trinajstić information content (AvgIpc) is 3.29. The first-order valence-corrected chi connectivity index (χ1v) is 9.91. The van der Waals surface area contributed by atoms with E-state index < -0.39 is 0 Å². The molecule has 7 heteroatoms. The number of pyridine rings is 1. The van der Waals surface area contributed by atoms with Gasteiger partial charge in [0.2, 0.25) is 5.28 Å². The molecule has 0 aliphatic carbocycles. The van der Waals surface area contributed by atoms with Crippen LogP contribution in [0.15, 0.2) is 59.4 Å². The van der Waals surface area contributed by atoms with Crippen molar-refractivity contribution in [2.24, 2.45) is 0 Å². The molecule has 4 aromatic heterocycles. The quantitative estimate of drug-likeness (QED) is 0.352. The van der Waals surface area contributed by atoms with Crippen LogP contribution in [0.5, 0.6) is 0 Å². The van der Waals surface area contributed by atoms with Crippen molar-refractivity contribution in [2.45, 2.75) is 20.8 Å². The molecule has 0 aliphatic rings. The molecule has 0 aliphatic heterocycles. The Kier molecular flexibility index (Phi) is 4.37. The summed E-state index contributed by atoms with van der Waals surface area (Å²) in [5.74, 6) is 0.746. The summed E-state index contributed by atoms with van der Waals surface area (Å²) >= 11 is 6.11. The zero-order valence-corrected chi connectivity index (χ0v) is 17.5. The van der Waals surface area contributed by atoms with E-state index >= 15 is 0 Å². The lowest BCUT2D eigenvalue weighted by atomic mass is 10.1. The molecule has 1 aromatic carbocycles. The number of rotatable bonds is 3. The van der Waals surface area contributed by atoms with Gasteiger partial charge in [-0.05, 0) is 62.2 Å². The van der Waals surface area contributed by atoms with E-state index in [4.69, 9.17) is 21.1 Å². The van der Waals surface area contributed by atoms with E-state index in [0.717, 1.165) is 56.3 Å². The molecule has 0 amide bonds. The maximum Gasteiger partial charge on any atom is 0.222 e. The van der Waals surface area contributed by atoms with Crippen molar-refractivity contribution in [3.05, 3.63) is 77.2 Å². The molecule has 6 nitrogen and oxygen atoms in total. The Hall–Kier alpha value is -3.51. The number of hydrogen-bond donors (Lipinski definition) is 0. The summed E-state index contributed by atoms with van der Waals surface area (Å²) < 4.78 is 7.42. The predicted octanol–water partition coefficient (Wildman–Crippen LogP) is 5.72. The van der Waals surface area contributed by atoms with Gasteiger partial charge in [0.05, 0.1) is 22.6 Å². The zero-order chi connectivity index (χ0) is 20.8. The van der Waals surface area contributed by atoms with Crippen molar-refractivity contribution in [1.82, 2.24) is 24.7 Å². The number of hydrogen-bond acceptors (Lipinski definition) is 5. The van der Waals surface area contributed by atoms with Crippen molar-refractivity contribution in [1.29, 1.82) is 0 Å². The van der Waals surface area contributed by atoms with Gasteiger partial charge in [-0.3, -0.25) is 0 Å². The number of aryl methyl sites for hydroxylation is 3. The summed E-state index contributed by atoms with van der Waals surface area (Å²) in [7, 11) is 0. The monoisotopic (exact) mass is 415 g/mol. The van der Waals surface area contributed by atoms with Gasteiger partial charge in [0.15, 0.2) is 0 Å². The van der Waals surface area contributed by atoms with Crippen LogP contribution in [-0.4, -0.2) is 24.7 Å². The van der Waals surface area contributed by atoms with Gasteiger partial charge in [-0.15, -0.1) is 0 Å². The van der Waals surface area contributed by atoms with Gasteiger partial charge < -0.3 is 9.09 Å². The maximum atomic E-state index is 6.11. The van der Waals surface area contributed by atoms with Gasteiger partial charge in [-0.1, -0.05) is 23.4 Å². The molecule has 5 aromatic rings. The van der Waals surface area contributed by atoms with Crippen molar-refractivity contribution in [3.63, 3.8) is 0 Å². The maximum absolute atomic E-state index is 6.11. The highest BCUT2D eigenvalue weighted by molar-refractivity contribution is 6.28. The molecule has 0 radical (unpaired) electrons. The molecule has 0 saturated heterocycles. The van der Waals surface area contributed by atoms with E-state index in [1.54, 1.807) is 6.20 Å². The summed E-state index contributed by atoms with van der Waals surface area (Å²) in [5.41, 5.74) is 7.07. The van der Waals surface area contributed by atoms with Crippen LogP contribution in [-0.2, 0) is 0 Å². The average molecular weight is 416 g/mol. The molecule has 5 rings (SSSR count). The van der Waals surface area contributed by atoms with Gasteiger partial charge >= 0.3 is 0 Å². The fourth-order valence-electron chi connectivity index (χ4n) is 3.76. The van der Waals surface area contributed by atoms with Crippen molar-refractivity contribution in [2.75, 3.05) is 0 Å². The SMILES string of the molecule is Cc1cnc(Cl)nc1-c1cn(-c2ccccc2)c2nc(-c3c(C)noc3C)ccc12. The number of para-hydroxylation sites is 1. The standard InChI is InChI=1S/C23H18ClN5O/c1-13-11-25-23(24)27-21(13)18-12-29(16-7-5-4-6-8-16)22-17(18)9-10-19(26-22)20-14(2)28-30-15(20)3/h4-12H,1-3H3. The Morgan fingerprint density at radius 1 is 0.967 bits per heavy atom. The zero-order valence-electron chi connectivity index (χ0n) is 16.7. The second-order valence-corrected chi connectivity index (χ2v) is 7.52. The Morgan fingerprint density at radius 3 is 2.50 bits per heavy atom. The normalized spacial score (nSPS) is 11.3. The topological polar surface area (TPSA) is 69.6 Å². The summed E-state index contributed by atoms with van der Waals surface area (Å²) in [5, 5.41) is 5.27. The van der Waals surface area contributed by atoms with Crippen molar-refractivity contribution >= 4 is 22.6 Å². The second kappa shape index (κ2) is 7.07. The van der Waals surface area contributed by atoms with E-state index in [2.05, 4.69) is 32.0 Å². The molecular formula is C23H18ClN5O. The summed E-state index contributed by atoms with van der Waals surface area (Å²) in [6.45, 7) is 5.80. The van der Waals surface area contributed by atoms with Crippen LogP contribution in [0.3, 0.4) is 0 Å². The lowest BCUT2D eigenvalue weighted by Gasteiger charge is -2.06. The van der Waals surface area contributed by atoms with Gasteiger partial charge in [0.1, 0.15) is 11.4 Å². The summed E-state index contributed by atoms with van der Waals surface area (Å²) in [4.78, 5) is 13.6. The molecule has 0 atom stereocenters. The van der Waals surface area contributed by atoms with E-state index in [1.165, 1.54) is 0 Å². The second-order valence-electron chi connectivity index (χ2n) is 7.19.